The lowest BCUT2D eigenvalue weighted by Crippen LogP contribution is -2.32. The van der Waals surface area contributed by atoms with Crippen LogP contribution in [0.15, 0.2) is 48.5 Å². The van der Waals surface area contributed by atoms with E-state index in [0.29, 0.717) is 24.4 Å². The van der Waals surface area contributed by atoms with Crippen LogP contribution in [0.3, 0.4) is 0 Å². The fourth-order valence-electron chi connectivity index (χ4n) is 2.75. The number of aryl methyl sites for hydroxylation is 1. The van der Waals surface area contributed by atoms with Gasteiger partial charge >= 0.3 is 0 Å². The summed E-state index contributed by atoms with van der Waals surface area (Å²) in [6, 6.07) is 14.8. The minimum absolute atomic E-state index is 0.101. The molecule has 0 spiro atoms. The first-order valence-electron chi connectivity index (χ1n) is 8.73. The SMILES string of the molecule is COc1cccc(N(CCCC(=O)NCc2cccc(C)c2)S(C)(=O)=O)c1. The van der Waals surface area contributed by atoms with Gasteiger partial charge in [0.2, 0.25) is 15.9 Å². The topological polar surface area (TPSA) is 75.7 Å². The Bertz CT molecular complexity index is 881. The third kappa shape index (κ3) is 6.60. The van der Waals surface area contributed by atoms with Gasteiger partial charge in [-0.25, -0.2) is 8.42 Å². The second-order valence-corrected chi connectivity index (χ2v) is 8.31. The Balaban J connectivity index is 1.90. The van der Waals surface area contributed by atoms with Crippen LogP contribution in [-0.2, 0) is 21.4 Å². The van der Waals surface area contributed by atoms with Crippen molar-refractivity contribution in [2.45, 2.75) is 26.3 Å². The molecule has 1 N–H and O–H groups in total. The molecule has 0 aliphatic carbocycles. The van der Waals surface area contributed by atoms with Crippen molar-refractivity contribution in [1.82, 2.24) is 5.32 Å². The van der Waals surface area contributed by atoms with Crippen molar-refractivity contribution in [3.8, 4) is 5.75 Å². The van der Waals surface area contributed by atoms with Crippen molar-refractivity contribution in [3.05, 3.63) is 59.7 Å². The lowest BCUT2D eigenvalue weighted by molar-refractivity contribution is -0.121. The number of hydrogen-bond acceptors (Lipinski definition) is 4. The van der Waals surface area contributed by atoms with Gasteiger partial charge in [0, 0.05) is 25.6 Å². The van der Waals surface area contributed by atoms with Gasteiger partial charge in [-0.15, -0.1) is 0 Å². The fourth-order valence-corrected chi connectivity index (χ4v) is 3.70. The Morgan fingerprint density at radius 2 is 1.89 bits per heavy atom. The van der Waals surface area contributed by atoms with Crippen LogP contribution in [0.1, 0.15) is 24.0 Å². The minimum Gasteiger partial charge on any atom is -0.497 e. The molecule has 1 amide bonds. The molecule has 6 nitrogen and oxygen atoms in total. The van der Waals surface area contributed by atoms with E-state index in [1.165, 1.54) is 11.4 Å². The van der Waals surface area contributed by atoms with E-state index < -0.39 is 10.0 Å². The molecule has 0 radical (unpaired) electrons. The van der Waals surface area contributed by atoms with Gasteiger partial charge in [0.05, 0.1) is 19.1 Å². The van der Waals surface area contributed by atoms with Gasteiger partial charge in [-0.3, -0.25) is 9.10 Å². The first-order chi connectivity index (χ1) is 12.8. The molecule has 27 heavy (non-hydrogen) atoms. The molecule has 0 bridgehead atoms. The van der Waals surface area contributed by atoms with Gasteiger partial charge in [0.1, 0.15) is 5.75 Å². The number of sulfonamides is 1. The number of carbonyl (C=O) groups excluding carboxylic acids is 1. The van der Waals surface area contributed by atoms with Crippen molar-refractivity contribution < 1.29 is 17.9 Å². The summed E-state index contributed by atoms with van der Waals surface area (Å²) < 4.78 is 30.7. The highest BCUT2D eigenvalue weighted by atomic mass is 32.2. The van der Waals surface area contributed by atoms with E-state index in [0.717, 1.165) is 17.4 Å². The van der Waals surface area contributed by atoms with Crippen LogP contribution >= 0.6 is 0 Å². The van der Waals surface area contributed by atoms with Crippen molar-refractivity contribution >= 4 is 21.6 Å². The van der Waals surface area contributed by atoms with Crippen LogP contribution in [0, 0.1) is 6.92 Å². The van der Waals surface area contributed by atoms with Crippen LogP contribution in [0.5, 0.6) is 5.75 Å². The summed E-state index contributed by atoms with van der Waals surface area (Å²) in [5.41, 5.74) is 2.71. The average Bonchev–Trinajstić information content (AvgIpc) is 2.62. The van der Waals surface area contributed by atoms with Crippen molar-refractivity contribution in [2.75, 3.05) is 24.2 Å². The Morgan fingerprint density at radius 3 is 2.56 bits per heavy atom. The highest BCUT2D eigenvalue weighted by Gasteiger charge is 2.18. The largest absolute Gasteiger partial charge is 0.497 e. The predicted octanol–water partition coefficient (Wildman–Crippen LogP) is 2.87. The molecule has 0 aliphatic rings. The summed E-state index contributed by atoms with van der Waals surface area (Å²) in [5.74, 6) is 0.479. The van der Waals surface area contributed by atoms with Crippen LogP contribution in [0.2, 0.25) is 0 Å². The molecule has 0 saturated heterocycles. The molecular weight excluding hydrogens is 364 g/mol. The third-order valence-electron chi connectivity index (χ3n) is 4.08. The van der Waals surface area contributed by atoms with Crippen LogP contribution < -0.4 is 14.4 Å². The first-order valence-corrected chi connectivity index (χ1v) is 10.6. The van der Waals surface area contributed by atoms with E-state index in [-0.39, 0.29) is 18.9 Å². The smallest absolute Gasteiger partial charge is 0.232 e. The predicted molar refractivity (Wildman–Crippen MR) is 107 cm³/mol. The number of hydrogen-bond donors (Lipinski definition) is 1. The Morgan fingerprint density at radius 1 is 1.15 bits per heavy atom. The number of methoxy groups -OCH3 is 1. The average molecular weight is 391 g/mol. The highest BCUT2D eigenvalue weighted by molar-refractivity contribution is 7.92. The minimum atomic E-state index is -3.45. The van der Waals surface area contributed by atoms with Crippen LogP contribution in [0.25, 0.3) is 0 Å². The number of nitrogens with one attached hydrogen (secondary N) is 1. The zero-order chi connectivity index (χ0) is 19.9. The first kappa shape index (κ1) is 20.8. The summed E-state index contributed by atoms with van der Waals surface area (Å²) in [6.07, 6.45) is 1.83. The summed E-state index contributed by atoms with van der Waals surface area (Å²) in [4.78, 5) is 12.1. The van der Waals surface area contributed by atoms with Gasteiger partial charge in [-0.1, -0.05) is 35.9 Å². The van der Waals surface area contributed by atoms with E-state index >= 15 is 0 Å². The number of rotatable bonds is 9. The van der Waals surface area contributed by atoms with Gasteiger partial charge < -0.3 is 10.1 Å². The molecular formula is C20H26N2O4S. The quantitative estimate of drug-likeness (QED) is 0.714. The molecule has 7 heteroatoms. The lowest BCUT2D eigenvalue weighted by atomic mass is 10.1. The number of benzene rings is 2. The van der Waals surface area contributed by atoms with E-state index in [9.17, 15) is 13.2 Å². The molecule has 0 aromatic heterocycles. The second kappa shape index (κ2) is 9.41. The Kier molecular flexibility index (Phi) is 7.24. The molecule has 0 atom stereocenters. The van der Waals surface area contributed by atoms with Gasteiger partial charge in [-0.05, 0) is 31.0 Å². The maximum Gasteiger partial charge on any atom is 0.232 e. The maximum absolute atomic E-state index is 12.1. The molecule has 2 aromatic rings. The van der Waals surface area contributed by atoms with E-state index in [4.69, 9.17) is 4.74 Å². The molecule has 0 fully saturated rings. The van der Waals surface area contributed by atoms with Gasteiger partial charge in [0.15, 0.2) is 0 Å². The Hall–Kier alpha value is -2.54. The fraction of sp³-hybridized carbons (Fsp3) is 0.350. The van der Waals surface area contributed by atoms with Crippen molar-refractivity contribution in [2.24, 2.45) is 0 Å². The standard InChI is InChI=1S/C20H26N2O4S/c1-16-7-4-8-17(13-16)15-21-20(23)11-6-12-22(27(3,24)25)18-9-5-10-19(14-18)26-2/h4-5,7-10,13-14H,6,11-12,15H2,1-3H3,(H,21,23). The molecule has 2 rings (SSSR count). The van der Waals surface area contributed by atoms with E-state index in [1.807, 2.05) is 31.2 Å². The zero-order valence-electron chi connectivity index (χ0n) is 15.9. The Labute approximate surface area is 161 Å². The molecule has 0 heterocycles. The second-order valence-electron chi connectivity index (χ2n) is 6.41. The molecule has 2 aromatic carbocycles. The monoisotopic (exact) mass is 390 g/mol. The van der Waals surface area contributed by atoms with Gasteiger partial charge in [0.25, 0.3) is 0 Å². The lowest BCUT2D eigenvalue weighted by Gasteiger charge is -2.22. The van der Waals surface area contributed by atoms with Crippen LogP contribution in [0.4, 0.5) is 5.69 Å². The number of amides is 1. The normalized spacial score (nSPS) is 11.1. The number of nitrogens with zero attached hydrogens (tertiary/aromatic N) is 1. The van der Waals surface area contributed by atoms with Crippen molar-refractivity contribution in [3.63, 3.8) is 0 Å². The maximum atomic E-state index is 12.1. The third-order valence-corrected chi connectivity index (χ3v) is 5.27. The summed E-state index contributed by atoms with van der Waals surface area (Å²) in [5, 5.41) is 2.87. The van der Waals surface area contributed by atoms with Gasteiger partial charge in [-0.2, -0.15) is 0 Å². The summed E-state index contributed by atoms with van der Waals surface area (Å²) in [7, 11) is -1.92. The molecule has 0 saturated carbocycles. The summed E-state index contributed by atoms with van der Waals surface area (Å²) in [6.45, 7) is 2.69. The van der Waals surface area contributed by atoms with Crippen molar-refractivity contribution in [1.29, 1.82) is 0 Å². The van der Waals surface area contributed by atoms with E-state index in [1.54, 1.807) is 24.3 Å². The van der Waals surface area contributed by atoms with E-state index in [2.05, 4.69) is 5.32 Å². The molecule has 146 valence electrons. The summed E-state index contributed by atoms with van der Waals surface area (Å²) >= 11 is 0. The molecule has 0 unspecified atom stereocenters. The zero-order valence-corrected chi connectivity index (χ0v) is 16.8. The number of ether oxygens (including phenoxy) is 1. The van der Waals surface area contributed by atoms with Crippen LogP contribution in [-0.4, -0.2) is 34.2 Å². The highest BCUT2D eigenvalue weighted by Crippen LogP contribution is 2.23. The molecule has 0 aliphatic heterocycles. The number of anilines is 1. The number of carbonyl (C=O) groups is 1.